The summed E-state index contributed by atoms with van der Waals surface area (Å²) < 4.78 is 16.2. The molecule has 1 heterocycles. The second-order valence-corrected chi connectivity index (χ2v) is 7.61. The number of nitrogens with zero attached hydrogens (tertiary/aromatic N) is 1. The number of rotatable bonds is 10. The van der Waals surface area contributed by atoms with Crippen LogP contribution in [-0.4, -0.2) is 44.1 Å². The molecule has 3 rings (SSSR count). The Morgan fingerprint density at radius 1 is 1.03 bits per heavy atom. The lowest BCUT2D eigenvalue weighted by atomic mass is 10.1. The van der Waals surface area contributed by atoms with Crippen molar-refractivity contribution >= 4 is 29.2 Å². The van der Waals surface area contributed by atoms with Crippen molar-refractivity contribution in [3.63, 3.8) is 0 Å². The number of hydrogen-bond donors (Lipinski definition) is 1. The molecule has 33 heavy (non-hydrogen) atoms. The van der Waals surface area contributed by atoms with E-state index in [9.17, 15) is 14.4 Å². The Morgan fingerprint density at radius 2 is 1.76 bits per heavy atom. The summed E-state index contributed by atoms with van der Waals surface area (Å²) in [7, 11) is 0. The van der Waals surface area contributed by atoms with Crippen molar-refractivity contribution < 1.29 is 28.6 Å². The molecular formula is C25H30N2O6. The Labute approximate surface area is 193 Å². The van der Waals surface area contributed by atoms with Crippen LogP contribution < -0.4 is 19.7 Å². The summed E-state index contributed by atoms with van der Waals surface area (Å²) in [6.07, 6.45) is 0.966. The number of carbonyl (C=O) groups is 3. The molecule has 1 unspecified atom stereocenters. The van der Waals surface area contributed by atoms with Crippen LogP contribution in [0.3, 0.4) is 0 Å². The van der Waals surface area contributed by atoms with Gasteiger partial charge < -0.3 is 24.4 Å². The van der Waals surface area contributed by atoms with Crippen LogP contribution in [0.5, 0.6) is 11.5 Å². The Kier molecular flexibility index (Phi) is 8.29. The molecule has 0 saturated carbocycles. The third kappa shape index (κ3) is 6.25. The van der Waals surface area contributed by atoms with Crippen molar-refractivity contribution in [3.05, 3.63) is 48.0 Å². The molecule has 0 aliphatic carbocycles. The van der Waals surface area contributed by atoms with Gasteiger partial charge in [-0.15, -0.1) is 0 Å². The summed E-state index contributed by atoms with van der Waals surface area (Å²) in [4.78, 5) is 38.9. The number of benzene rings is 2. The molecule has 0 bridgehead atoms. The molecule has 2 aromatic rings. The van der Waals surface area contributed by atoms with E-state index in [1.807, 2.05) is 38.1 Å². The highest BCUT2D eigenvalue weighted by atomic mass is 16.5. The summed E-state index contributed by atoms with van der Waals surface area (Å²) in [5.41, 5.74) is 2.36. The number of ether oxygens (including phenoxy) is 3. The minimum Gasteiger partial charge on any atom is -0.494 e. The van der Waals surface area contributed by atoms with Gasteiger partial charge in [0.05, 0.1) is 24.8 Å². The van der Waals surface area contributed by atoms with Crippen LogP contribution in [0.15, 0.2) is 42.5 Å². The number of hydrogen-bond acceptors (Lipinski definition) is 6. The normalized spacial score (nSPS) is 15.3. The van der Waals surface area contributed by atoms with Gasteiger partial charge in [-0.2, -0.15) is 0 Å². The molecule has 2 aromatic carbocycles. The van der Waals surface area contributed by atoms with Crippen LogP contribution >= 0.6 is 0 Å². The smallest absolute Gasteiger partial charge is 0.311 e. The number of amides is 2. The predicted molar refractivity (Wildman–Crippen MR) is 125 cm³/mol. The van der Waals surface area contributed by atoms with Crippen LogP contribution in [0.2, 0.25) is 0 Å². The monoisotopic (exact) mass is 454 g/mol. The van der Waals surface area contributed by atoms with Crippen molar-refractivity contribution in [2.75, 3.05) is 36.6 Å². The first kappa shape index (κ1) is 24.1. The van der Waals surface area contributed by atoms with E-state index in [-0.39, 0.29) is 18.9 Å². The molecule has 176 valence electrons. The van der Waals surface area contributed by atoms with Gasteiger partial charge in [0.25, 0.3) is 5.91 Å². The van der Waals surface area contributed by atoms with E-state index in [2.05, 4.69) is 12.2 Å². The van der Waals surface area contributed by atoms with E-state index in [4.69, 9.17) is 14.2 Å². The molecule has 8 heteroatoms. The average Bonchev–Trinajstić information content (AvgIpc) is 3.21. The maximum absolute atomic E-state index is 12.5. The number of esters is 1. The second kappa shape index (κ2) is 11.4. The lowest BCUT2D eigenvalue weighted by Gasteiger charge is -2.17. The van der Waals surface area contributed by atoms with Gasteiger partial charge in [-0.05, 0) is 50.1 Å². The Hall–Kier alpha value is -3.55. The maximum Gasteiger partial charge on any atom is 0.311 e. The van der Waals surface area contributed by atoms with Crippen LogP contribution in [0.25, 0.3) is 0 Å². The van der Waals surface area contributed by atoms with Crippen molar-refractivity contribution in [2.45, 2.75) is 33.6 Å². The number of anilines is 2. The number of aryl methyl sites for hydroxylation is 1. The second-order valence-electron chi connectivity index (χ2n) is 7.61. The first-order valence-corrected chi connectivity index (χ1v) is 11.2. The zero-order valence-corrected chi connectivity index (χ0v) is 19.3. The molecule has 1 saturated heterocycles. The summed E-state index contributed by atoms with van der Waals surface area (Å²) in [6.45, 7) is 6.45. The van der Waals surface area contributed by atoms with Crippen molar-refractivity contribution in [1.82, 2.24) is 0 Å². The van der Waals surface area contributed by atoms with E-state index in [0.717, 1.165) is 12.1 Å². The fraction of sp³-hybridized carbons (Fsp3) is 0.400. The van der Waals surface area contributed by atoms with E-state index in [0.29, 0.717) is 30.4 Å². The fourth-order valence-corrected chi connectivity index (χ4v) is 3.61. The van der Waals surface area contributed by atoms with E-state index in [1.165, 1.54) is 5.56 Å². The van der Waals surface area contributed by atoms with Crippen LogP contribution in [-0.2, 0) is 25.5 Å². The number of nitrogens with one attached hydrogen (secondary N) is 1. The molecule has 0 spiro atoms. The van der Waals surface area contributed by atoms with E-state index >= 15 is 0 Å². The predicted octanol–water partition coefficient (Wildman–Crippen LogP) is 3.58. The fourth-order valence-electron chi connectivity index (χ4n) is 3.61. The third-order valence-electron chi connectivity index (χ3n) is 5.30. The Morgan fingerprint density at radius 3 is 2.42 bits per heavy atom. The molecule has 2 amide bonds. The molecule has 1 atom stereocenters. The Bertz CT molecular complexity index is 989. The van der Waals surface area contributed by atoms with Crippen LogP contribution in [0.4, 0.5) is 11.4 Å². The minimum atomic E-state index is -0.614. The summed E-state index contributed by atoms with van der Waals surface area (Å²) >= 11 is 0. The van der Waals surface area contributed by atoms with Crippen molar-refractivity contribution in [1.29, 1.82) is 0 Å². The molecule has 1 aliphatic rings. The van der Waals surface area contributed by atoms with Gasteiger partial charge in [-0.3, -0.25) is 14.4 Å². The van der Waals surface area contributed by atoms with E-state index < -0.39 is 24.4 Å². The van der Waals surface area contributed by atoms with Gasteiger partial charge >= 0.3 is 5.97 Å². The van der Waals surface area contributed by atoms with Gasteiger partial charge in [0.1, 0.15) is 11.5 Å². The van der Waals surface area contributed by atoms with Gasteiger partial charge in [0, 0.05) is 24.7 Å². The van der Waals surface area contributed by atoms with Crippen LogP contribution in [0.1, 0.15) is 32.8 Å². The zero-order chi connectivity index (χ0) is 23.8. The Balaban J connectivity index is 1.55. The third-order valence-corrected chi connectivity index (χ3v) is 5.30. The van der Waals surface area contributed by atoms with Crippen molar-refractivity contribution in [3.8, 4) is 11.5 Å². The highest BCUT2D eigenvalue weighted by molar-refractivity contribution is 6.00. The van der Waals surface area contributed by atoms with Gasteiger partial charge in [-0.25, -0.2) is 0 Å². The molecular weight excluding hydrogens is 424 g/mol. The summed E-state index contributed by atoms with van der Waals surface area (Å²) in [5, 5.41) is 2.70. The van der Waals surface area contributed by atoms with Gasteiger partial charge in [0.15, 0.2) is 6.61 Å². The van der Waals surface area contributed by atoms with E-state index in [1.54, 1.807) is 23.1 Å². The highest BCUT2D eigenvalue weighted by Gasteiger charge is 2.36. The minimum absolute atomic E-state index is 0.0564. The van der Waals surface area contributed by atoms with Gasteiger partial charge in [-0.1, -0.05) is 19.1 Å². The topological polar surface area (TPSA) is 94.2 Å². The molecule has 0 radical (unpaired) electrons. The molecule has 0 aromatic heterocycles. The van der Waals surface area contributed by atoms with Crippen LogP contribution in [0, 0.1) is 5.92 Å². The molecule has 1 N–H and O–H groups in total. The largest absolute Gasteiger partial charge is 0.494 e. The summed E-state index contributed by atoms with van der Waals surface area (Å²) in [5.74, 6) is -0.749. The SMILES string of the molecule is CCOc1ccc(OCC)c(NC(=O)COC(=O)C2CC(=O)N(c3ccc(CC)cc3)C2)c1. The average molecular weight is 455 g/mol. The highest BCUT2D eigenvalue weighted by Crippen LogP contribution is 2.30. The lowest BCUT2D eigenvalue weighted by Crippen LogP contribution is -2.28. The number of carbonyl (C=O) groups excluding carboxylic acids is 3. The molecule has 1 aliphatic heterocycles. The zero-order valence-electron chi connectivity index (χ0n) is 19.3. The molecule has 8 nitrogen and oxygen atoms in total. The maximum atomic E-state index is 12.5. The first-order valence-electron chi connectivity index (χ1n) is 11.2. The summed E-state index contributed by atoms with van der Waals surface area (Å²) in [6, 6.07) is 12.8. The van der Waals surface area contributed by atoms with Gasteiger partial charge in [0.2, 0.25) is 5.91 Å². The lowest BCUT2D eigenvalue weighted by molar-refractivity contribution is -0.151. The van der Waals surface area contributed by atoms with Crippen molar-refractivity contribution in [2.24, 2.45) is 5.92 Å². The molecule has 1 fully saturated rings. The quantitative estimate of drug-likeness (QED) is 0.552. The standard InChI is InChI=1S/C25H30N2O6/c1-4-17-7-9-19(10-8-17)27-15-18(13-24(27)29)25(30)33-16-23(28)26-21-14-20(31-5-2)11-12-22(21)32-6-3/h7-12,14,18H,4-6,13,15-16H2,1-3H3,(H,26,28). The first-order chi connectivity index (χ1) is 15.9.